The minimum absolute atomic E-state index is 0.0787. The number of nitrogens with zero attached hydrogens (tertiary/aromatic N) is 4. The summed E-state index contributed by atoms with van der Waals surface area (Å²) in [6.45, 7) is 2.43. The predicted molar refractivity (Wildman–Crippen MR) is 112 cm³/mol. The number of benzene rings is 1. The van der Waals surface area contributed by atoms with Crippen molar-refractivity contribution < 1.29 is 8.42 Å². The molecule has 1 aliphatic heterocycles. The molecule has 2 aliphatic rings. The van der Waals surface area contributed by atoms with Crippen molar-refractivity contribution >= 4 is 27.2 Å². The minimum Gasteiger partial charge on any atom is -0.399 e. The standard InChI is InChI=1S/C21H21N5O2S/c1-2-29(27,28)16-3-4-17-19(10-16)26(13-21(17)6-7-21)20-24-11-14(12-25-20)18-9-15(22)5-8-23-18/h3-5,8-12H,2,6-7,13H2,1H3,(H2,22,23). The molecule has 2 N–H and O–H groups in total. The highest BCUT2D eigenvalue weighted by molar-refractivity contribution is 7.91. The van der Waals surface area contributed by atoms with Gasteiger partial charge < -0.3 is 10.6 Å². The van der Waals surface area contributed by atoms with Crippen LogP contribution in [0.2, 0.25) is 0 Å². The fourth-order valence-electron chi connectivity index (χ4n) is 3.97. The van der Waals surface area contributed by atoms with E-state index in [4.69, 9.17) is 5.73 Å². The number of sulfone groups is 1. The number of hydrogen-bond donors (Lipinski definition) is 1. The number of fused-ring (bicyclic) bond motifs is 2. The summed E-state index contributed by atoms with van der Waals surface area (Å²) in [6.07, 6.45) is 7.31. The molecule has 1 aromatic carbocycles. The summed E-state index contributed by atoms with van der Waals surface area (Å²) >= 11 is 0. The van der Waals surface area contributed by atoms with E-state index >= 15 is 0 Å². The van der Waals surface area contributed by atoms with E-state index in [2.05, 4.69) is 15.0 Å². The summed E-state index contributed by atoms with van der Waals surface area (Å²) in [5, 5.41) is 0. The summed E-state index contributed by atoms with van der Waals surface area (Å²) in [5.74, 6) is 0.642. The largest absolute Gasteiger partial charge is 0.399 e. The summed E-state index contributed by atoms with van der Waals surface area (Å²) < 4.78 is 24.8. The average Bonchev–Trinajstić information content (AvgIpc) is 3.45. The number of pyridine rings is 1. The lowest BCUT2D eigenvalue weighted by Gasteiger charge is -2.18. The average molecular weight is 407 g/mol. The van der Waals surface area contributed by atoms with Gasteiger partial charge in [0.1, 0.15) is 0 Å². The van der Waals surface area contributed by atoms with Crippen LogP contribution in [0.5, 0.6) is 0 Å². The first-order valence-corrected chi connectivity index (χ1v) is 11.3. The molecule has 0 radical (unpaired) electrons. The molecule has 1 spiro atoms. The lowest BCUT2D eigenvalue weighted by molar-refractivity contribution is 0.597. The molecule has 0 bridgehead atoms. The fraction of sp³-hybridized carbons (Fsp3) is 0.286. The third-order valence-electron chi connectivity index (χ3n) is 5.84. The van der Waals surface area contributed by atoms with Crippen LogP contribution in [0.3, 0.4) is 0 Å². The van der Waals surface area contributed by atoms with Gasteiger partial charge >= 0.3 is 0 Å². The molecule has 0 atom stereocenters. The zero-order valence-electron chi connectivity index (χ0n) is 16.0. The number of nitrogen functional groups attached to an aromatic ring is 1. The van der Waals surface area contributed by atoms with E-state index in [9.17, 15) is 8.42 Å². The van der Waals surface area contributed by atoms with Gasteiger partial charge in [-0.15, -0.1) is 0 Å². The lowest BCUT2D eigenvalue weighted by atomic mass is 9.99. The van der Waals surface area contributed by atoms with E-state index < -0.39 is 9.84 Å². The van der Waals surface area contributed by atoms with Crippen LogP contribution in [0.25, 0.3) is 11.3 Å². The first-order chi connectivity index (χ1) is 13.9. The quantitative estimate of drug-likeness (QED) is 0.709. The van der Waals surface area contributed by atoms with Gasteiger partial charge in [0, 0.05) is 47.5 Å². The molecule has 0 unspecified atom stereocenters. The van der Waals surface area contributed by atoms with Crippen molar-refractivity contribution in [2.75, 3.05) is 22.9 Å². The van der Waals surface area contributed by atoms with Crippen molar-refractivity contribution in [2.45, 2.75) is 30.1 Å². The van der Waals surface area contributed by atoms with Gasteiger partial charge in [-0.25, -0.2) is 18.4 Å². The Hall–Kier alpha value is -3.00. The summed E-state index contributed by atoms with van der Waals surface area (Å²) in [4.78, 5) is 15.8. The first kappa shape index (κ1) is 18.1. The van der Waals surface area contributed by atoms with Crippen molar-refractivity contribution in [2.24, 2.45) is 0 Å². The second-order valence-electron chi connectivity index (χ2n) is 7.70. The smallest absolute Gasteiger partial charge is 0.229 e. The van der Waals surface area contributed by atoms with Crippen molar-refractivity contribution in [3.05, 3.63) is 54.5 Å². The van der Waals surface area contributed by atoms with Crippen molar-refractivity contribution in [1.29, 1.82) is 0 Å². The highest BCUT2D eigenvalue weighted by Crippen LogP contribution is 2.58. The van der Waals surface area contributed by atoms with Gasteiger partial charge in [-0.1, -0.05) is 13.0 Å². The van der Waals surface area contributed by atoms with E-state index in [0.29, 0.717) is 22.2 Å². The number of hydrogen-bond acceptors (Lipinski definition) is 7. The zero-order valence-corrected chi connectivity index (χ0v) is 16.9. The molecule has 8 heteroatoms. The Morgan fingerprint density at radius 3 is 2.52 bits per heavy atom. The molecule has 0 amide bonds. The van der Waals surface area contributed by atoms with Crippen LogP contribution in [-0.4, -0.2) is 35.7 Å². The van der Waals surface area contributed by atoms with Gasteiger partial charge in [-0.05, 0) is 42.7 Å². The molecule has 0 saturated heterocycles. The van der Waals surface area contributed by atoms with Crippen LogP contribution in [-0.2, 0) is 15.3 Å². The maximum atomic E-state index is 12.4. The SMILES string of the molecule is CCS(=O)(=O)c1ccc2c(c1)N(c1ncc(-c3cc(N)ccn3)cn1)CC21CC1. The third kappa shape index (κ3) is 2.95. The zero-order chi connectivity index (χ0) is 20.2. The van der Waals surface area contributed by atoms with Gasteiger partial charge in [0.2, 0.25) is 5.95 Å². The number of anilines is 3. The third-order valence-corrected chi connectivity index (χ3v) is 7.58. The van der Waals surface area contributed by atoms with Gasteiger partial charge in [0.05, 0.1) is 16.3 Å². The fourth-order valence-corrected chi connectivity index (χ4v) is 4.87. The number of rotatable bonds is 4. The maximum absolute atomic E-state index is 12.4. The van der Waals surface area contributed by atoms with Crippen LogP contribution in [0, 0.1) is 0 Å². The second-order valence-corrected chi connectivity index (χ2v) is 9.97. The van der Waals surface area contributed by atoms with Crippen molar-refractivity contribution in [3.63, 3.8) is 0 Å². The highest BCUT2D eigenvalue weighted by atomic mass is 32.2. The molecule has 148 valence electrons. The molecule has 3 aromatic rings. The van der Waals surface area contributed by atoms with Crippen LogP contribution >= 0.6 is 0 Å². The Morgan fingerprint density at radius 2 is 1.86 bits per heavy atom. The Labute approximate surface area is 169 Å². The Morgan fingerprint density at radius 1 is 1.10 bits per heavy atom. The van der Waals surface area contributed by atoms with Gasteiger partial charge in [0.15, 0.2) is 9.84 Å². The Balaban J connectivity index is 1.54. The molecule has 1 saturated carbocycles. The summed E-state index contributed by atoms with van der Waals surface area (Å²) in [7, 11) is -3.28. The van der Waals surface area contributed by atoms with E-state index in [1.54, 1.807) is 49.8 Å². The monoisotopic (exact) mass is 407 g/mol. The maximum Gasteiger partial charge on any atom is 0.229 e. The summed E-state index contributed by atoms with van der Waals surface area (Å²) in [5.41, 5.74) is 10.2. The molecular formula is C21H21N5O2S. The molecule has 1 fully saturated rings. The predicted octanol–water partition coefficient (Wildman–Crippen LogP) is 3.10. The van der Waals surface area contributed by atoms with Gasteiger partial charge in [0.25, 0.3) is 0 Å². The van der Waals surface area contributed by atoms with Crippen LogP contribution in [0.1, 0.15) is 25.3 Å². The van der Waals surface area contributed by atoms with Crippen LogP contribution < -0.4 is 10.6 Å². The van der Waals surface area contributed by atoms with Crippen molar-refractivity contribution in [1.82, 2.24) is 15.0 Å². The van der Waals surface area contributed by atoms with E-state index in [0.717, 1.165) is 30.6 Å². The lowest BCUT2D eigenvalue weighted by Crippen LogP contribution is -2.21. The second kappa shape index (κ2) is 6.25. The summed E-state index contributed by atoms with van der Waals surface area (Å²) in [6, 6.07) is 8.99. The molecule has 29 heavy (non-hydrogen) atoms. The number of aromatic nitrogens is 3. The minimum atomic E-state index is -3.28. The topological polar surface area (TPSA) is 102 Å². The molecule has 7 nitrogen and oxygen atoms in total. The van der Waals surface area contributed by atoms with Crippen LogP contribution in [0.15, 0.2) is 53.8 Å². The van der Waals surface area contributed by atoms with Gasteiger partial charge in [-0.2, -0.15) is 0 Å². The van der Waals surface area contributed by atoms with Crippen molar-refractivity contribution in [3.8, 4) is 11.3 Å². The molecule has 3 heterocycles. The number of nitrogens with two attached hydrogens (primary N) is 1. The molecule has 2 aromatic heterocycles. The van der Waals surface area contributed by atoms with E-state index in [-0.39, 0.29) is 11.2 Å². The normalized spacial score (nSPS) is 16.8. The van der Waals surface area contributed by atoms with E-state index in [1.807, 2.05) is 11.0 Å². The molecule has 1 aliphatic carbocycles. The van der Waals surface area contributed by atoms with Crippen LogP contribution in [0.4, 0.5) is 17.3 Å². The first-order valence-electron chi connectivity index (χ1n) is 9.61. The molecular weight excluding hydrogens is 386 g/mol. The Kier molecular flexibility index (Phi) is 3.89. The Bertz CT molecular complexity index is 1200. The molecule has 5 rings (SSSR count). The highest BCUT2D eigenvalue weighted by Gasteiger charge is 2.52. The van der Waals surface area contributed by atoms with E-state index in [1.165, 1.54) is 5.56 Å². The van der Waals surface area contributed by atoms with Gasteiger partial charge in [-0.3, -0.25) is 4.98 Å².